The van der Waals surface area contributed by atoms with E-state index >= 15 is 0 Å². The molecule has 3 heterocycles. The number of amides is 1. The van der Waals surface area contributed by atoms with Crippen LogP contribution in [0.25, 0.3) is 0 Å². The highest BCUT2D eigenvalue weighted by atomic mass is 32.2. The van der Waals surface area contributed by atoms with Crippen LogP contribution in [0.3, 0.4) is 0 Å². The Hall–Kier alpha value is -2.28. The van der Waals surface area contributed by atoms with Gasteiger partial charge in [-0.25, -0.2) is 4.98 Å². The molecule has 1 saturated heterocycles. The molecular formula is C19H23N3O3S. The van der Waals surface area contributed by atoms with E-state index in [0.29, 0.717) is 24.4 Å². The zero-order valence-electron chi connectivity index (χ0n) is 15.3. The third-order valence-corrected chi connectivity index (χ3v) is 5.42. The lowest BCUT2D eigenvalue weighted by Gasteiger charge is -2.32. The van der Waals surface area contributed by atoms with Crippen molar-refractivity contribution in [1.82, 2.24) is 14.5 Å². The lowest BCUT2D eigenvalue weighted by Crippen LogP contribution is -2.42. The molecule has 3 rings (SSSR count). The summed E-state index contributed by atoms with van der Waals surface area (Å²) < 4.78 is 7.57. The highest BCUT2D eigenvalue weighted by molar-refractivity contribution is 7.98. The molecule has 0 N–H and O–H groups in total. The molecule has 2 aromatic rings. The van der Waals surface area contributed by atoms with Crippen LogP contribution in [0.4, 0.5) is 0 Å². The Kier molecular flexibility index (Phi) is 5.66. The predicted octanol–water partition coefficient (Wildman–Crippen LogP) is 2.49. The summed E-state index contributed by atoms with van der Waals surface area (Å²) in [4.78, 5) is 30.8. The van der Waals surface area contributed by atoms with Gasteiger partial charge in [-0.2, -0.15) is 0 Å². The van der Waals surface area contributed by atoms with Crippen LogP contribution < -0.4 is 10.3 Å². The van der Waals surface area contributed by atoms with Crippen molar-refractivity contribution in [3.05, 3.63) is 52.1 Å². The summed E-state index contributed by atoms with van der Waals surface area (Å²) in [5.41, 5.74) is 1.44. The smallest absolute Gasteiger partial charge is 0.256 e. The van der Waals surface area contributed by atoms with Gasteiger partial charge in [-0.15, -0.1) is 11.8 Å². The summed E-state index contributed by atoms with van der Waals surface area (Å²) >= 11 is 1.48. The largest absolute Gasteiger partial charge is 0.490 e. The van der Waals surface area contributed by atoms with Gasteiger partial charge < -0.3 is 14.2 Å². The topological polar surface area (TPSA) is 64.4 Å². The van der Waals surface area contributed by atoms with Crippen molar-refractivity contribution in [1.29, 1.82) is 0 Å². The minimum atomic E-state index is -0.0752. The van der Waals surface area contributed by atoms with Crippen molar-refractivity contribution < 1.29 is 9.53 Å². The molecule has 0 spiro atoms. The van der Waals surface area contributed by atoms with E-state index in [4.69, 9.17) is 4.74 Å². The lowest BCUT2D eigenvalue weighted by molar-refractivity contribution is 0.0591. The van der Waals surface area contributed by atoms with Crippen molar-refractivity contribution in [3.8, 4) is 5.75 Å². The molecule has 1 amide bonds. The van der Waals surface area contributed by atoms with Crippen LogP contribution in [0.5, 0.6) is 5.75 Å². The van der Waals surface area contributed by atoms with Gasteiger partial charge in [0.05, 0.1) is 5.56 Å². The molecule has 0 aromatic carbocycles. The number of thioether (sulfide) groups is 1. The van der Waals surface area contributed by atoms with Gasteiger partial charge in [0.2, 0.25) is 0 Å². The maximum Gasteiger partial charge on any atom is 0.256 e. The Morgan fingerprint density at radius 2 is 2.04 bits per heavy atom. The number of carbonyl (C=O) groups excluding carboxylic acids is 1. The Morgan fingerprint density at radius 3 is 2.69 bits per heavy atom. The van der Waals surface area contributed by atoms with Gasteiger partial charge in [0.1, 0.15) is 16.9 Å². The summed E-state index contributed by atoms with van der Waals surface area (Å²) in [5.74, 6) is 0.623. The number of carbonyl (C=O) groups is 1. The van der Waals surface area contributed by atoms with Crippen molar-refractivity contribution >= 4 is 17.7 Å². The average molecular weight is 373 g/mol. The van der Waals surface area contributed by atoms with Crippen LogP contribution in [0, 0.1) is 6.92 Å². The van der Waals surface area contributed by atoms with Crippen LogP contribution in [-0.2, 0) is 7.05 Å². The fraction of sp³-hybridized carbons (Fsp3) is 0.421. The molecule has 2 aromatic heterocycles. The van der Waals surface area contributed by atoms with Gasteiger partial charge in [-0.1, -0.05) is 0 Å². The van der Waals surface area contributed by atoms with Crippen LogP contribution in [0.2, 0.25) is 0 Å². The summed E-state index contributed by atoms with van der Waals surface area (Å²) in [7, 11) is 1.74. The third kappa shape index (κ3) is 3.93. The van der Waals surface area contributed by atoms with Crippen LogP contribution in [0.15, 0.2) is 40.3 Å². The van der Waals surface area contributed by atoms with E-state index in [-0.39, 0.29) is 17.6 Å². The highest BCUT2D eigenvalue weighted by Gasteiger charge is 2.26. The number of aryl methyl sites for hydroxylation is 1. The monoisotopic (exact) mass is 373 g/mol. The second-order valence-electron chi connectivity index (χ2n) is 6.40. The molecular weight excluding hydrogens is 350 g/mol. The summed E-state index contributed by atoms with van der Waals surface area (Å²) in [6, 6.07) is 7.01. The lowest BCUT2D eigenvalue weighted by atomic mass is 10.1. The number of aromatic nitrogens is 2. The summed E-state index contributed by atoms with van der Waals surface area (Å²) in [6.07, 6.45) is 5.13. The zero-order valence-corrected chi connectivity index (χ0v) is 16.1. The molecule has 0 bridgehead atoms. The standard InChI is InChI=1S/C19H23N3O3S/c1-13-11-15(12-17(23)21(13)2)25-14-6-9-22(10-7-14)19(24)16-5-4-8-20-18(16)26-3/h4-5,8,11-12,14H,6-7,9-10H2,1-3H3. The third-order valence-electron chi connectivity index (χ3n) is 4.70. The second-order valence-corrected chi connectivity index (χ2v) is 7.19. The van der Waals surface area contributed by atoms with E-state index in [9.17, 15) is 9.59 Å². The number of likely N-dealkylation sites (tertiary alicyclic amines) is 1. The van der Waals surface area contributed by atoms with Gasteiger partial charge in [0, 0.05) is 50.9 Å². The first-order valence-corrected chi connectivity index (χ1v) is 9.84. The fourth-order valence-corrected chi connectivity index (χ4v) is 3.60. The van der Waals surface area contributed by atoms with Crippen LogP contribution in [-0.4, -0.2) is 45.8 Å². The molecule has 0 radical (unpaired) electrons. The predicted molar refractivity (Wildman–Crippen MR) is 102 cm³/mol. The van der Waals surface area contributed by atoms with Gasteiger partial charge in [-0.3, -0.25) is 9.59 Å². The van der Waals surface area contributed by atoms with Crippen molar-refractivity contribution in [2.24, 2.45) is 7.05 Å². The van der Waals surface area contributed by atoms with Crippen LogP contribution >= 0.6 is 11.8 Å². The minimum Gasteiger partial charge on any atom is -0.490 e. The molecule has 26 heavy (non-hydrogen) atoms. The zero-order chi connectivity index (χ0) is 18.7. The van der Waals surface area contributed by atoms with Crippen molar-refractivity contribution in [2.45, 2.75) is 30.9 Å². The van der Waals surface area contributed by atoms with E-state index in [1.165, 1.54) is 17.8 Å². The number of rotatable bonds is 4. The molecule has 6 nitrogen and oxygen atoms in total. The minimum absolute atomic E-state index is 0.0134. The molecule has 1 aliphatic heterocycles. The second kappa shape index (κ2) is 7.95. The van der Waals surface area contributed by atoms with E-state index in [1.807, 2.05) is 30.2 Å². The molecule has 0 aliphatic carbocycles. The van der Waals surface area contributed by atoms with E-state index in [2.05, 4.69) is 4.98 Å². The number of hydrogen-bond donors (Lipinski definition) is 0. The molecule has 1 fully saturated rings. The van der Waals surface area contributed by atoms with Crippen LogP contribution in [0.1, 0.15) is 28.9 Å². The fourth-order valence-electron chi connectivity index (χ4n) is 3.06. The van der Waals surface area contributed by atoms with E-state index < -0.39 is 0 Å². The first kappa shape index (κ1) is 18.5. The number of piperidine rings is 1. The van der Waals surface area contributed by atoms with E-state index in [1.54, 1.807) is 23.9 Å². The molecule has 0 saturated carbocycles. The van der Waals surface area contributed by atoms with Gasteiger partial charge in [0.15, 0.2) is 0 Å². The number of nitrogens with zero attached hydrogens (tertiary/aromatic N) is 3. The molecule has 0 unspecified atom stereocenters. The number of ether oxygens (including phenoxy) is 1. The summed E-state index contributed by atoms with van der Waals surface area (Å²) in [6.45, 7) is 3.15. The van der Waals surface area contributed by atoms with Gasteiger partial charge >= 0.3 is 0 Å². The highest BCUT2D eigenvalue weighted by Crippen LogP contribution is 2.23. The first-order chi connectivity index (χ1) is 12.5. The molecule has 0 atom stereocenters. The van der Waals surface area contributed by atoms with Gasteiger partial charge in [0.25, 0.3) is 11.5 Å². The SMILES string of the molecule is CSc1ncccc1C(=O)N1CCC(Oc2cc(C)n(C)c(=O)c2)CC1. The first-order valence-electron chi connectivity index (χ1n) is 8.62. The average Bonchev–Trinajstić information content (AvgIpc) is 2.66. The Labute approximate surface area is 157 Å². The maximum absolute atomic E-state index is 12.8. The normalized spacial score (nSPS) is 15.1. The summed E-state index contributed by atoms with van der Waals surface area (Å²) in [5, 5.41) is 0.756. The quantitative estimate of drug-likeness (QED) is 0.771. The van der Waals surface area contributed by atoms with Gasteiger partial charge in [-0.05, 0) is 31.4 Å². The Bertz CT molecular complexity index is 857. The Morgan fingerprint density at radius 1 is 1.31 bits per heavy atom. The Balaban J connectivity index is 1.62. The molecule has 1 aliphatic rings. The number of pyridine rings is 2. The maximum atomic E-state index is 12.8. The van der Waals surface area contributed by atoms with Crippen molar-refractivity contribution in [3.63, 3.8) is 0 Å². The molecule has 7 heteroatoms. The molecule has 138 valence electrons. The van der Waals surface area contributed by atoms with Crippen molar-refractivity contribution in [2.75, 3.05) is 19.3 Å². The van der Waals surface area contributed by atoms with E-state index in [0.717, 1.165) is 23.6 Å². The number of hydrogen-bond acceptors (Lipinski definition) is 5.